The van der Waals surface area contributed by atoms with E-state index in [-0.39, 0.29) is 16.6 Å². The summed E-state index contributed by atoms with van der Waals surface area (Å²) >= 11 is 0.903. The van der Waals surface area contributed by atoms with Crippen molar-refractivity contribution in [2.75, 3.05) is 5.32 Å². The highest BCUT2D eigenvalue weighted by Gasteiger charge is 2.41. The third-order valence-electron chi connectivity index (χ3n) is 4.84. The van der Waals surface area contributed by atoms with E-state index < -0.39 is 23.3 Å². The zero-order valence-corrected chi connectivity index (χ0v) is 18.3. The molecule has 0 saturated heterocycles. The van der Waals surface area contributed by atoms with Gasteiger partial charge in [-0.3, -0.25) is 14.9 Å². The largest absolute Gasteiger partial charge is 0.434 e. The van der Waals surface area contributed by atoms with Gasteiger partial charge in [0.1, 0.15) is 0 Å². The summed E-state index contributed by atoms with van der Waals surface area (Å²) in [6.45, 7) is 3.01. The Balaban J connectivity index is 1.73. The molecule has 168 valence electrons. The van der Waals surface area contributed by atoms with Gasteiger partial charge in [0.15, 0.2) is 16.6 Å². The fourth-order valence-electron chi connectivity index (χ4n) is 3.34. The van der Waals surface area contributed by atoms with Gasteiger partial charge in [0.05, 0.1) is 28.0 Å². The molecule has 0 bridgehead atoms. The Kier molecular flexibility index (Phi) is 5.86. The molecule has 0 unspecified atom stereocenters. The number of alkyl halides is 3. The monoisotopic (exact) mass is 470 g/mol. The minimum Gasteiger partial charge on any atom is -0.298 e. The number of nitrogens with one attached hydrogen (secondary N) is 1. The quantitative estimate of drug-likeness (QED) is 0.375. The number of carbonyl (C=O) groups is 2. The zero-order chi connectivity index (χ0) is 23.8. The van der Waals surface area contributed by atoms with Gasteiger partial charge in [-0.15, -0.1) is 0 Å². The van der Waals surface area contributed by atoms with Gasteiger partial charge in [-0.05, 0) is 18.6 Å². The molecule has 2 aromatic heterocycles. The van der Waals surface area contributed by atoms with E-state index >= 15 is 0 Å². The molecule has 10 heteroatoms. The second-order valence-corrected chi connectivity index (χ2v) is 8.18. The van der Waals surface area contributed by atoms with Crippen molar-refractivity contribution in [2.45, 2.75) is 20.0 Å². The van der Waals surface area contributed by atoms with E-state index in [0.29, 0.717) is 26.4 Å². The number of Topliss-reactive ketones (excluding diaryl/α,β-unsaturated/α-hetero) is 1. The first-order valence-electron chi connectivity index (χ1n) is 9.76. The van der Waals surface area contributed by atoms with E-state index in [1.165, 1.54) is 13.0 Å². The van der Waals surface area contributed by atoms with Crippen LogP contribution in [-0.2, 0) is 6.18 Å². The number of ketones is 1. The van der Waals surface area contributed by atoms with E-state index in [2.05, 4.69) is 15.4 Å². The fraction of sp³-hybridized carbons (Fsp3) is 0.130. The summed E-state index contributed by atoms with van der Waals surface area (Å²) in [5.41, 5.74) is -0.0506. The lowest BCUT2D eigenvalue weighted by Crippen LogP contribution is -2.21. The van der Waals surface area contributed by atoms with Crippen LogP contribution in [-0.4, -0.2) is 26.5 Å². The second-order valence-electron chi connectivity index (χ2n) is 7.18. The standard InChI is InChI=1S/C23H17F3N4O2S/c1-13-8-6-7-11-17(13)30-20(23(24,25)26)16(12-27-30)21(32)29-22-28-18(19(33-22)14(2)31)15-9-4-3-5-10-15/h3-12H,1-2H3,(H,28,29,32). The molecule has 0 aliphatic rings. The summed E-state index contributed by atoms with van der Waals surface area (Å²) in [4.78, 5) is 29.5. The minimum absolute atomic E-state index is 0.0146. The van der Waals surface area contributed by atoms with Crippen LogP contribution in [0.15, 0.2) is 60.8 Å². The molecule has 1 amide bonds. The predicted octanol–water partition coefficient (Wildman–Crippen LogP) is 5.78. The van der Waals surface area contributed by atoms with Crippen molar-refractivity contribution in [3.8, 4) is 16.9 Å². The molecular weight excluding hydrogens is 453 g/mol. The molecule has 0 fully saturated rings. The van der Waals surface area contributed by atoms with Crippen LogP contribution in [0.2, 0.25) is 0 Å². The average molecular weight is 470 g/mol. The van der Waals surface area contributed by atoms with Crippen molar-refractivity contribution >= 4 is 28.2 Å². The molecule has 2 heterocycles. The second kappa shape index (κ2) is 8.62. The van der Waals surface area contributed by atoms with Gasteiger partial charge in [-0.25, -0.2) is 9.67 Å². The third-order valence-corrected chi connectivity index (χ3v) is 5.91. The topological polar surface area (TPSA) is 76.9 Å². The number of amides is 1. The smallest absolute Gasteiger partial charge is 0.298 e. The van der Waals surface area contributed by atoms with Crippen molar-refractivity contribution in [2.24, 2.45) is 0 Å². The lowest BCUT2D eigenvalue weighted by atomic mass is 10.1. The number of hydrogen-bond acceptors (Lipinski definition) is 5. The number of nitrogens with zero attached hydrogens (tertiary/aromatic N) is 3. The summed E-state index contributed by atoms with van der Waals surface area (Å²) in [6.07, 6.45) is -3.96. The van der Waals surface area contributed by atoms with Crippen molar-refractivity contribution in [3.63, 3.8) is 0 Å². The van der Waals surface area contributed by atoms with Gasteiger partial charge in [0, 0.05) is 12.5 Å². The normalized spacial score (nSPS) is 11.4. The average Bonchev–Trinajstić information content (AvgIpc) is 3.39. The molecule has 4 aromatic rings. The van der Waals surface area contributed by atoms with Crippen molar-refractivity contribution < 1.29 is 22.8 Å². The van der Waals surface area contributed by atoms with Crippen molar-refractivity contribution in [3.05, 3.63) is 82.5 Å². The first-order chi connectivity index (χ1) is 15.7. The number of para-hydroxylation sites is 1. The molecule has 0 aliphatic heterocycles. The molecular formula is C23H17F3N4O2S. The first-order valence-corrected chi connectivity index (χ1v) is 10.6. The molecule has 1 N–H and O–H groups in total. The SMILES string of the molecule is CC(=O)c1sc(NC(=O)c2cnn(-c3ccccc3C)c2C(F)(F)F)nc1-c1ccccc1. The maximum Gasteiger partial charge on any atom is 0.434 e. The molecule has 0 aliphatic carbocycles. The Morgan fingerprint density at radius 2 is 1.70 bits per heavy atom. The minimum atomic E-state index is -4.84. The van der Waals surface area contributed by atoms with Crippen LogP contribution in [0.5, 0.6) is 0 Å². The Morgan fingerprint density at radius 1 is 1.03 bits per heavy atom. The molecule has 0 spiro atoms. The summed E-state index contributed by atoms with van der Waals surface area (Å²) in [6, 6.07) is 15.3. The maximum absolute atomic E-state index is 14.0. The molecule has 0 saturated carbocycles. The highest BCUT2D eigenvalue weighted by molar-refractivity contribution is 7.18. The van der Waals surface area contributed by atoms with Gasteiger partial charge < -0.3 is 0 Å². The van der Waals surface area contributed by atoms with Gasteiger partial charge in [-0.1, -0.05) is 59.9 Å². The Morgan fingerprint density at radius 3 is 2.33 bits per heavy atom. The van der Waals surface area contributed by atoms with Crippen LogP contribution in [0.4, 0.5) is 18.3 Å². The van der Waals surface area contributed by atoms with E-state index in [1.54, 1.807) is 55.5 Å². The van der Waals surface area contributed by atoms with Crippen LogP contribution in [0.1, 0.15) is 38.2 Å². The number of carbonyl (C=O) groups excluding carboxylic acids is 2. The Hall–Kier alpha value is -3.79. The van der Waals surface area contributed by atoms with E-state index in [4.69, 9.17) is 0 Å². The molecule has 2 aromatic carbocycles. The molecule has 6 nitrogen and oxygen atoms in total. The van der Waals surface area contributed by atoms with Crippen LogP contribution in [0.3, 0.4) is 0 Å². The number of thiazole rings is 1. The summed E-state index contributed by atoms with van der Waals surface area (Å²) in [5, 5.41) is 6.25. The van der Waals surface area contributed by atoms with Crippen molar-refractivity contribution in [1.82, 2.24) is 14.8 Å². The molecule has 33 heavy (non-hydrogen) atoms. The number of hydrogen-bond donors (Lipinski definition) is 1. The summed E-state index contributed by atoms with van der Waals surface area (Å²) < 4.78 is 42.6. The van der Waals surface area contributed by atoms with E-state index in [0.717, 1.165) is 17.5 Å². The van der Waals surface area contributed by atoms with Crippen LogP contribution in [0.25, 0.3) is 16.9 Å². The van der Waals surface area contributed by atoms with Crippen molar-refractivity contribution in [1.29, 1.82) is 0 Å². The predicted molar refractivity (Wildman–Crippen MR) is 119 cm³/mol. The van der Waals surface area contributed by atoms with E-state index in [9.17, 15) is 22.8 Å². The van der Waals surface area contributed by atoms with Gasteiger partial charge in [-0.2, -0.15) is 18.3 Å². The lowest BCUT2D eigenvalue weighted by molar-refractivity contribution is -0.143. The number of anilines is 1. The highest BCUT2D eigenvalue weighted by atomic mass is 32.1. The number of halogens is 3. The Labute approximate surface area is 190 Å². The van der Waals surface area contributed by atoms with Gasteiger partial charge in [0.2, 0.25) is 0 Å². The van der Waals surface area contributed by atoms with Gasteiger partial charge in [0.25, 0.3) is 5.91 Å². The fourth-order valence-corrected chi connectivity index (χ4v) is 4.22. The maximum atomic E-state index is 14.0. The van der Waals surface area contributed by atoms with E-state index in [1.807, 2.05) is 0 Å². The van der Waals surface area contributed by atoms with Gasteiger partial charge >= 0.3 is 6.18 Å². The van der Waals surface area contributed by atoms with Crippen LogP contribution >= 0.6 is 11.3 Å². The number of rotatable bonds is 5. The number of aromatic nitrogens is 3. The zero-order valence-electron chi connectivity index (χ0n) is 17.5. The molecule has 0 atom stereocenters. The molecule has 0 radical (unpaired) electrons. The number of benzene rings is 2. The molecule has 4 rings (SSSR count). The van der Waals surface area contributed by atoms with Crippen LogP contribution < -0.4 is 5.32 Å². The third kappa shape index (κ3) is 4.42. The Bertz CT molecular complexity index is 1340. The highest BCUT2D eigenvalue weighted by Crippen LogP contribution is 2.36. The summed E-state index contributed by atoms with van der Waals surface area (Å²) in [5.74, 6) is -1.29. The number of aryl methyl sites for hydroxylation is 1. The summed E-state index contributed by atoms with van der Waals surface area (Å²) in [7, 11) is 0. The first kappa shape index (κ1) is 22.4. The lowest BCUT2D eigenvalue weighted by Gasteiger charge is -2.14. The van der Waals surface area contributed by atoms with Crippen LogP contribution in [0, 0.1) is 6.92 Å².